The monoisotopic (exact) mass is 404 g/mol. The summed E-state index contributed by atoms with van der Waals surface area (Å²) < 4.78 is 11.5. The Bertz CT molecular complexity index is 599. The molecule has 1 aromatic rings. The van der Waals surface area contributed by atoms with Gasteiger partial charge in [-0.25, -0.2) is 0 Å². The van der Waals surface area contributed by atoms with Crippen LogP contribution < -0.4 is 9.64 Å². The van der Waals surface area contributed by atoms with E-state index < -0.39 is 6.10 Å². The molecule has 164 valence electrons. The van der Waals surface area contributed by atoms with Crippen molar-refractivity contribution in [2.75, 3.05) is 51.3 Å². The SMILES string of the molecule is COc1ccc(N2CCN(C[C@@H](O)CO[C@@H]3C[C@H](C)CC[C@H]3C(C)C)CC2)cc1. The largest absolute Gasteiger partial charge is 0.497 e. The maximum absolute atomic E-state index is 10.6. The van der Waals surface area contributed by atoms with Crippen molar-refractivity contribution in [3.8, 4) is 5.75 Å². The van der Waals surface area contributed by atoms with E-state index in [0.717, 1.165) is 44.3 Å². The minimum atomic E-state index is -0.410. The maximum atomic E-state index is 10.6. The van der Waals surface area contributed by atoms with Gasteiger partial charge in [0.25, 0.3) is 0 Å². The maximum Gasteiger partial charge on any atom is 0.119 e. The van der Waals surface area contributed by atoms with Crippen LogP contribution in [-0.2, 0) is 4.74 Å². The summed E-state index contributed by atoms with van der Waals surface area (Å²) in [5.74, 6) is 2.91. The summed E-state index contributed by atoms with van der Waals surface area (Å²) in [6.45, 7) is 12.0. The van der Waals surface area contributed by atoms with E-state index >= 15 is 0 Å². The number of piperazine rings is 1. The first kappa shape index (κ1) is 22.4. The van der Waals surface area contributed by atoms with Crippen LogP contribution in [0.2, 0.25) is 0 Å². The van der Waals surface area contributed by atoms with Gasteiger partial charge in [0.15, 0.2) is 0 Å². The van der Waals surface area contributed by atoms with Gasteiger partial charge in [-0.05, 0) is 54.9 Å². The number of rotatable bonds is 8. The molecule has 2 aliphatic rings. The van der Waals surface area contributed by atoms with Gasteiger partial charge in [-0.2, -0.15) is 0 Å². The fraction of sp³-hybridized carbons (Fsp3) is 0.750. The lowest BCUT2D eigenvalue weighted by Gasteiger charge is -2.39. The molecule has 0 radical (unpaired) electrons. The number of methoxy groups -OCH3 is 1. The number of hydrogen-bond donors (Lipinski definition) is 1. The van der Waals surface area contributed by atoms with Crippen LogP contribution in [0, 0.1) is 17.8 Å². The van der Waals surface area contributed by atoms with E-state index in [1.54, 1.807) is 7.11 Å². The predicted octanol–water partition coefficient (Wildman–Crippen LogP) is 3.66. The third-order valence-corrected chi connectivity index (χ3v) is 6.74. The highest BCUT2D eigenvalue weighted by atomic mass is 16.5. The van der Waals surface area contributed by atoms with E-state index in [0.29, 0.717) is 31.1 Å². The number of β-amino-alcohol motifs (C(OH)–C–C–N with tert-alkyl or cyclic N) is 1. The average molecular weight is 405 g/mol. The number of aliphatic hydroxyl groups is 1. The molecular formula is C24H40N2O3. The number of hydrogen-bond acceptors (Lipinski definition) is 5. The smallest absolute Gasteiger partial charge is 0.119 e. The summed E-state index contributed by atoms with van der Waals surface area (Å²) >= 11 is 0. The van der Waals surface area contributed by atoms with Crippen LogP contribution in [0.25, 0.3) is 0 Å². The van der Waals surface area contributed by atoms with Gasteiger partial charge in [-0.1, -0.05) is 27.2 Å². The molecule has 1 saturated heterocycles. The average Bonchev–Trinajstić information content (AvgIpc) is 2.73. The second-order valence-corrected chi connectivity index (χ2v) is 9.34. The van der Waals surface area contributed by atoms with Gasteiger partial charge in [0, 0.05) is 38.4 Å². The third-order valence-electron chi connectivity index (χ3n) is 6.74. The normalized spacial score (nSPS) is 27.2. The van der Waals surface area contributed by atoms with Gasteiger partial charge in [0.2, 0.25) is 0 Å². The molecule has 29 heavy (non-hydrogen) atoms. The lowest BCUT2D eigenvalue weighted by Crippen LogP contribution is -2.49. The minimum Gasteiger partial charge on any atom is -0.497 e. The Kier molecular flexibility index (Phi) is 8.22. The van der Waals surface area contributed by atoms with Crippen molar-refractivity contribution in [1.29, 1.82) is 0 Å². The molecule has 3 rings (SSSR count). The van der Waals surface area contributed by atoms with Crippen molar-refractivity contribution in [3.05, 3.63) is 24.3 Å². The molecule has 0 unspecified atom stereocenters. The first-order valence-electron chi connectivity index (χ1n) is 11.4. The van der Waals surface area contributed by atoms with Crippen LogP contribution in [-0.4, -0.2) is 68.7 Å². The molecule has 1 aliphatic heterocycles. The van der Waals surface area contributed by atoms with Crippen LogP contribution in [0.3, 0.4) is 0 Å². The Labute approximate surface area is 177 Å². The fourth-order valence-electron chi connectivity index (χ4n) is 4.87. The second-order valence-electron chi connectivity index (χ2n) is 9.34. The molecule has 1 aliphatic carbocycles. The van der Waals surface area contributed by atoms with Crippen molar-refractivity contribution in [2.45, 2.75) is 52.2 Å². The molecule has 4 atom stereocenters. The van der Waals surface area contributed by atoms with Gasteiger partial charge in [0.05, 0.1) is 25.9 Å². The standard InChI is InChI=1S/C24H40N2O3/c1-18(2)23-10-5-19(3)15-24(23)29-17-21(27)16-25-11-13-26(14-12-25)20-6-8-22(28-4)9-7-20/h6-9,18-19,21,23-24,27H,5,10-17H2,1-4H3/t19-,21-,23+,24-/m1/s1. The summed E-state index contributed by atoms with van der Waals surface area (Å²) in [5.41, 5.74) is 1.24. The first-order valence-corrected chi connectivity index (χ1v) is 11.4. The number of aliphatic hydroxyl groups excluding tert-OH is 1. The Balaban J connectivity index is 1.40. The molecule has 1 aromatic carbocycles. The Hall–Kier alpha value is -1.30. The number of anilines is 1. The first-order chi connectivity index (χ1) is 14.0. The van der Waals surface area contributed by atoms with Crippen LogP contribution in [0.15, 0.2) is 24.3 Å². The lowest BCUT2D eigenvalue weighted by molar-refractivity contribution is -0.0740. The molecule has 5 nitrogen and oxygen atoms in total. The molecule has 0 spiro atoms. The van der Waals surface area contributed by atoms with Crippen molar-refractivity contribution < 1.29 is 14.6 Å². The quantitative estimate of drug-likeness (QED) is 0.716. The molecule has 1 heterocycles. The van der Waals surface area contributed by atoms with Gasteiger partial charge in [0.1, 0.15) is 5.75 Å². The molecule has 1 saturated carbocycles. The summed E-state index contributed by atoms with van der Waals surface area (Å²) in [6, 6.07) is 8.26. The lowest BCUT2D eigenvalue weighted by atomic mass is 9.75. The summed E-state index contributed by atoms with van der Waals surface area (Å²) in [7, 11) is 1.70. The van der Waals surface area contributed by atoms with E-state index in [-0.39, 0.29) is 0 Å². The highest BCUT2D eigenvalue weighted by Gasteiger charge is 2.32. The van der Waals surface area contributed by atoms with Crippen LogP contribution in [0.4, 0.5) is 5.69 Å². The minimum absolute atomic E-state index is 0.306. The zero-order valence-electron chi connectivity index (χ0n) is 18.7. The van der Waals surface area contributed by atoms with Crippen LogP contribution >= 0.6 is 0 Å². The van der Waals surface area contributed by atoms with Gasteiger partial charge in [-0.3, -0.25) is 4.90 Å². The molecule has 2 fully saturated rings. The van der Waals surface area contributed by atoms with Crippen molar-refractivity contribution in [1.82, 2.24) is 4.90 Å². The summed E-state index contributed by atoms with van der Waals surface area (Å²) in [4.78, 5) is 4.76. The van der Waals surface area contributed by atoms with E-state index in [1.807, 2.05) is 12.1 Å². The van der Waals surface area contributed by atoms with E-state index in [9.17, 15) is 5.11 Å². The van der Waals surface area contributed by atoms with Gasteiger partial charge >= 0.3 is 0 Å². The van der Waals surface area contributed by atoms with Crippen molar-refractivity contribution in [3.63, 3.8) is 0 Å². The molecule has 0 amide bonds. The number of nitrogens with zero attached hydrogens (tertiary/aromatic N) is 2. The van der Waals surface area contributed by atoms with E-state index in [4.69, 9.17) is 9.47 Å². The Morgan fingerprint density at radius 2 is 1.76 bits per heavy atom. The van der Waals surface area contributed by atoms with Crippen molar-refractivity contribution in [2.24, 2.45) is 17.8 Å². The summed E-state index contributed by atoms with van der Waals surface area (Å²) in [6.07, 6.45) is 3.60. The predicted molar refractivity (Wildman–Crippen MR) is 119 cm³/mol. The fourth-order valence-corrected chi connectivity index (χ4v) is 4.87. The summed E-state index contributed by atoms with van der Waals surface area (Å²) in [5, 5.41) is 10.6. The van der Waals surface area contributed by atoms with Crippen molar-refractivity contribution >= 4 is 5.69 Å². The topological polar surface area (TPSA) is 45.2 Å². The molecule has 0 bridgehead atoms. The van der Waals surface area contributed by atoms with Crippen LogP contribution in [0.1, 0.15) is 40.0 Å². The zero-order chi connectivity index (χ0) is 20.8. The van der Waals surface area contributed by atoms with E-state index in [1.165, 1.54) is 18.5 Å². The molecule has 5 heteroatoms. The van der Waals surface area contributed by atoms with Gasteiger partial charge < -0.3 is 19.5 Å². The zero-order valence-corrected chi connectivity index (χ0v) is 18.7. The molecule has 1 N–H and O–H groups in total. The molecular weight excluding hydrogens is 364 g/mol. The number of ether oxygens (including phenoxy) is 2. The Morgan fingerprint density at radius 3 is 2.38 bits per heavy atom. The van der Waals surface area contributed by atoms with Gasteiger partial charge in [-0.15, -0.1) is 0 Å². The third kappa shape index (κ3) is 6.34. The molecule has 0 aromatic heterocycles. The highest BCUT2D eigenvalue weighted by molar-refractivity contribution is 5.49. The second kappa shape index (κ2) is 10.6. The number of benzene rings is 1. The highest BCUT2D eigenvalue weighted by Crippen LogP contribution is 2.35. The van der Waals surface area contributed by atoms with E-state index in [2.05, 4.69) is 42.7 Å². The van der Waals surface area contributed by atoms with Crippen LogP contribution in [0.5, 0.6) is 5.75 Å². The Morgan fingerprint density at radius 1 is 1.07 bits per heavy atom.